The molecule has 0 aliphatic rings. The zero-order chi connectivity index (χ0) is 40.2. The summed E-state index contributed by atoms with van der Waals surface area (Å²) in [7, 11) is 0. The second-order valence-corrected chi connectivity index (χ2v) is 16.5. The molecule has 60 heavy (non-hydrogen) atoms. The van der Waals surface area contributed by atoms with Crippen LogP contribution in [-0.2, 0) is 13.1 Å². The largest absolute Gasteiger partial charge is 0.340 e. The maximum absolute atomic E-state index is 2.50. The summed E-state index contributed by atoms with van der Waals surface area (Å²) in [6.45, 7) is 6.63. The van der Waals surface area contributed by atoms with Gasteiger partial charge >= 0.3 is 0 Å². The van der Waals surface area contributed by atoms with Gasteiger partial charge in [-0.05, 0) is 115 Å². The fraction of sp³-hybridized carbons (Fsp3) is 0.138. The summed E-state index contributed by atoms with van der Waals surface area (Å²) in [6, 6.07) is 68.3. The molecule has 0 radical (unpaired) electrons. The quantitative estimate of drug-likeness (QED) is 0.123. The molecule has 0 unspecified atom stereocenters. The van der Waals surface area contributed by atoms with Gasteiger partial charge < -0.3 is 9.13 Å². The Bertz CT molecular complexity index is 3090. The van der Waals surface area contributed by atoms with E-state index in [0.717, 1.165) is 13.1 Å². The zero-order valence-electron chi connectivity index (χ0n) is 34.5. The molecule has 2 heterocycles. The first-order chi connectivity index (χ1) is 29.7. The van der Waals surface area contributed by atoms with E-state index in [9.17, 15) is 0 Å². The highest BCUT2D eigenvalue weighted by Crippen LogP contribution is 2.45. The van der Waals surface area contributed by atoms with Gasteiger partial charge in [0.15, 0.2) is 0 Å². The normalized spacial score (nSPS) is 11.9. The number of aromatic nitrogens is 2. The highest BCUT2D eigenvalue weighted by Gasteiger charge is 2.18. The standard InChI is InChI=1S/C58H48N2/c1-3-5-35-59-53-21-13-11-15-45(53)51-37-43(31-33-55(51)59)39-23-27-41(28-24-39)57-47-17-7-9-19-49(47)58(50-20-10-8-18-48(50)57)42-29-25-40(26-30-42)44-32-34-56-52(38-44)46-16-12-14-22-54(46)60(56)36-6-4-2/h7-34,37-38H,3-6,35-36H2,1-2H3. The molecule has 2 nitrogen and oxygen atoms in total. The van der Waals surface area contributed by atoms with Gasteiger partial charge in [0.05, 0.1) is 0 Å². The Morgan fingerprint density at radius 3 is 0.950 bits per heavy atom. The molecule has 0 bridgehead atoms. The van der Waals surface area contributed by atoms with E-state index in [0.29, 0.717) is 0 Å². The van der Waals surface area contributed by atoms with E-state index < -0.39 is 0 Å². The van der Waals surface area contributed by atoms with Crippen molar-refractivity contribution in [3.63, 3.8) is 0 Å². The minimum absolute atomic E-state index is 1.05. The van der Waals surface area contributed by atoms with Crippen LogP contribution in [0.15, 0.2) is 182 Å². The van der Waals surface area contributed by atoms with Crippen molar-refractivity contribution in [2.45, 2.75) is 52.6 Å². The number of aryl methyl sites for hydroxylation is 2. The minimum atomic E-state index is 1.05. The molecule has 11 aromatic rings. The van der Waals surface area contributed by atoms with Crippen LogP contribution in [0.1, 0.15) is 39.5 Å². The zero-order valence-corrected chi connectivity index (χ0v) is 34.5. The Morgan fingerprint density at radius 2 is 0.583 bits per heavy atom. The summed E-state index contributed by atoms with van der Waals surface area (Å²) >= 11 is 0. The van der Waals surface area contributed by atoms with Crippen LogP contribution in [0.25, 0.3) is 110 Å². The Labute approximate surface area is 352 Å². The Balaban J connectivity index is 0.975. The monoisotopic (exact) mass is 772 g/mol. The molecule has 11 rings (SSSR count). The van der Waals surface area contributed by atoms with Gasteiger partial charge in [0.2, 0.25) is 0 Å². The van der Waals surface area contributed by atoms with Gasteiger partial charge in [0.1, 0.15) is 0 Å². The number of unbranched alkanes of at least 4 members (excludes halogenated alkanes) is 2. The lowest BCUT2D eigenvalue weighted by Crippen LogP contribution is -1.96. The van der Waals surface area contributed by atoms with E-state index in [1.165, 1.54) is 135 Å². The summed E-state index contributed by atoms with van der Waals surface area (Å²) < 4.78 is 5.01. The topological polar surface area (TPSA) is 9.86 Å². The molecule has 0 aliphatic carbocycles. The van der Waals surface area contributed by atoms with Gasteiger partial charge in [0.25, 0.3) is 0 Å². The van der Waals surface area contributed by atoms with Crippen molar-refractivity contribution in [3.8, 4) is 44.5 Å². The molecule has 0 N–H and O–H groups in total. The smallest absolute Gasteiger partial charge is 0.0491 e. The van der Waals surface area contributed by atoms with Gasteiger partial charge in [-0.2, -0.15) is 0 Å². The van der Waals surface area contributed by atoms with Crippen molar-refractivity contribution < 1.29 is 0 Å². The highest BCUT2D eigenvalue weighted by molar-refractivity contribution is 6.21. The third kappa shape index (κ3) is 5.93. The average Bonchev–Trinajstić information content (AvgIpc) is 3.80. The summed E-state index contributed by atoms with van der Waals surface area (Å²) in [4.78, 5) is 0. The van der Waals surface area contributed by atoms with Crippen LogP contribution < -0.4 is 0 Å². The van der Waals surface area contributed by atoms with E-state index in [2.05, 4.69) is 205 Å². The molecular formula is C58H48N2. The predicted octanol–water partition coefficient (Wildman–Crippen LogP) is 16.5. The van der Waals surface area contributed by atoms with E-state index in [1.807, 2.05) is 0 Å². The number of rotatable bonds is 10. The maximum atomic E-state index is 2.50. The summed E-state index contributed by atoms with van der Waals surface area (Å²) in [5.74, 6) is 0. The van der Waals surface area contributed by atoms with Crippen LogP contribution in [0.2, 0.25) is 0 Å². The molecule has 0 saturated heterocycles. The molecule has 0 fully saturated rings. The molecular weight excluding hydrogens is 725 g/mol. The van der Waals surface area contributed by atoms with Crippen molar-refractivity contribution in [3.05, 3.63) is 182 Å². The van der Waals surface area contributed by atoms with Crippen molar-refractivity contribution in [2.24, 2.45) is 0 Å². The fourth-order valence-electron chi connectivity index (χ4n) is 9.99. The molecule has 290 valence electrons. The summed E-state index contributed by atoms with van der Waals surface area (Å²) in [5.41, 5.74) is 15.3. The molecule has 0 aliphatic heterocycles. The Kier molecular flexibility index (Phi) is 9.08. The van der Waals surface area contributed by atoms with Crippen LogP contribution in [0, 0.1) is 0 Å². The van der Waals surface area contributed by atoms with Crippen molar-refractivity contribution in [1.29, 1.82) is 0 Å². The van der Waals surface area contributed by atoms with Crippen LogP contribution in [0.5, 0.6) is 0 Å². The molecule has 2 aromatic heterocycles. The number of hydrogen-bond donors (Lipinski definition) is 0. The highest BCUT2D eigenvalue weighted by atomic mass is 15.0. The predicted molar refractivity (Wildman–Crippen MR) is 259 cm³/mol. The molecule has 0 atom stereocenters. The molecule has 0 amide bonds. The third-order valence-corrected chi connectivity index (χ3v) is 13.0. The first-order valence-electron chi connectivity index (χ1n) is 21.9. The van der Waals surface area contributed by atoms with Crippen LogP contribution in [0.3, 0.4) is 0 Å². The van der Waals surface area contributed by atoms with Gasteiger partial charge in [-0.3, -0.25) is 0 Å². The lowest BCUT2D eigenvalue weighted by Gasteiger charge is -2.18. The van der Waals surface area contributed by atoms with Gasteiger partial charge in [0, 0.05) is 56.7 Å². The van der Waals surface area contributed by atoms with Gasteiger partial charge in [-0.15, -0.1) is 0 Å². The first-order valence-corrected chi connectivity index (χ1v) is 21.9. The lowest BCUT2D eigenvalue weighted by atomic mass is 9.85. The van der Waals surface area contributed by atoms with Crippen LogP contribution in [0.4, 0.5) is 0 Å². The Hall–Kier alpha value is -6.90. The molecule has 9 aromatic carbocycles. The third-order valence-electron chi connectivity index (χ3n) is 13.0. The molecule has 0 spiro atoms. The van der Waals surface area contributed by atoms with Crippen molar-refractivity contribution in [2.75, 3.05) is 0 Å². The number of hydrogen-bond acceptors (Lipinski definition) is 0. The van der Waals surface area contributed by atoms with E-state index in [-0.39, 0.29) is 0 Å². The summed E-state index contributed by atoms with van der Waals surface area (Å²) in [6.07, 6.45) is 4.73. The van der Waals surface area contributed by atoms with E-state index >= 15 is 0 Å². The lowest BCUT2D eigenvalue weighted by molar-refractivity contribution is 0.665. The van der Waals surface area contributed by atoms with Gasteiger partial charge in [-0.1, -0.05) is 172 Å². The second kappa shape index (κ2) is 15.0. The average molecular weight is 773 g/mol. The van der Waals surface area contributed by atoms with Crippen LogP contribution in [-0.4, -0.2) is 9.13 Å². The fourth-order valence-corrected chi connectivity index (χ4v) is 9.99. The van der Waals surface area contributed by atoms with Crippen molar-refractivity contribution >= 4 is 65.2 Å². The number of benzene rings is 9. The first kappa shape index (κ1) is 36.2. The van der Waals surface area contributed by atoms with Crippen LogP contribution >= 0.6 is 0 Å². The van der Waals surface area contributed by atoms with Gasteiger partial charge in [-0.25, -0.2) is 0 Å². The number of fused-ring (bicyclic) bond motifs is 8. The SMILES string of the molecule is CCCCn1c2ccccc2c2cc(-c3ccc(-c4c5ccccc5c(-c5ccc(-c6ccc7c(c6)c6ccccc6n7CCCC)cc5)c5ccccc45)cc3)ccc21. The minimum Gasteiger partial charge on any atom is -0.340 e. The molecule has 2 heteroatoms. The van der Waals surface area contributed by atoms with Crippen molar-refractivity contribution in [1.82, 2.24) is 9.13 Å². The maximum Gasteiger partial charge on any atom is 0.0491 e. The van der Waals surface area contributed by atoms with E-state index in [1.54, 1.807) is 0 Å². The summed E-state index contributed by atoms with van der Waals surface area (Å²) in [5, 5.41) is 10.4. The molecule has 0 saturated carbocycles. The Morgan fingerprint density at radius 1 is 0.283 bits per heavy atom. The number of para-hydroxylation sites is 2. The van der Waals surface area contributed by atoms with E-state index in [4.69, 9.17) is 0 Å². The second-order valence-electron chi connectivity index (χ2n) is 16.5. The number of nitrogens with zero attached hydrogens (tertiary/aromatic N) is 2.